The summed E-state index contributed by atoms with van der Waals surface area (Å²) in [5.41, 5.74) is 1.95. The summed E-state index contributed by atoms with van der Waals surface area (Å²) in [7, 11) is 0. The number of aromatic amines is 1. The highest BCUT2D eigenvalue weighted by atomic mass is 35.5. The van der Waals surface area contributed by atoms with Crippen molar-refractivity contribution >= 4 is 22.6 Å². The molecule has 5 nitrogen and oxygen atoms in total. The van der Waals surface area contributed by atoms with E-state index >= 15 is 0 Å². The molecule has 1 aromatic carbocycles. The minimum absolute atomic E-state index is 0.381. The standard InChI is InChI=1S/C16H20ClN5/c1-11(10-22-8-7-19-12(22)2)18-6-5-16-20-14-4-3-13(17)9-15(14)21-16/h3-4,7-9,11,18H,5-6,10H2,1-2H3,(H,20,21). The summed E-state index contributed by atoms with van der Waals surface area (Å²) in [5, 5.41) is 4.24. The van der Waals surface area contributed by atoms with E-state index < -0.39 is 0 Å². The van der Waals surface area contributed by atoms with E-state index in [9.17, 15) is 0 Å². The fourth-order valence-electron chi connectivity index (χ4n) is 2.55. The maximum Gasteiger partial charge on any atom is 0.108 e. The van der Waals surface area contributed by atoms with Crippen molar-refractivity contribution in [3.05, 3.63) is 47.3 Å². The Kier molecular flexibility index (Phi) is 4.45. The van der Waals surface area contributed by atoms with Crippen molar-refractivity contribution in [2.45, 2.75) is 32.9 Å². The van der Waals surface area contributed by atoms with Crippen LogP contribution in [0.3, 0.4) is 0 Å². The molecule has 6 heteroatoms. The lowest BCUT2D eigenvalue weighted by Gasteiger charge is -2.14. The number of hydrogen-bond donors (Lipinski definition) is 2. The molecule has 1 atom stereocenters. The van der Waals surface area contributed by atoms with Gasteiger partial charge in [0.2, 0.25) is 0 Å². The maximum absolute atomic E-state index is 5.99. The third-order valence-electron chi connectivity index (χ3n) is 3.74. The molecular formula is C16H20ClN5. The molecule has 0 radical (unpaired) electrons. The minimum atomic E-state index is 0.381. The van der Waals surface area contributed by atoms with Crippen molar-refractivity contribution in [1.82, 2.24) is 24.8 Å². The van der Waals surface area contributed by atoms with E-state index in [2.05, 4.69) is 31.8 Å². The number of imidazole rings is 2. The van der Waals surface area contributed by atoms with Crippen LogP contribution in [0.2, 0.25) is 5.02 Å². The number of fused-ring (bicyclic) bond motifs is 1. The number of nitrogens with zero attached hydrogens (tertiary/aromatic N) is 3. The highest BCUT2D eigenvalue weighted by molar-refractivity contribution is 6.31. The number of rotatable bonds is 6. The van der Waals surface area contributed by atoms with Gasteiger partial charge in [-0.1, -0.05) is 11.6 Å². The van der Waals surface area contributed by atoms with E-state index in [0.29, 0.717) is 6.04 Å². The van der Waals surface area contributed by atoms with Gasteiger partial charge in [-0.15, -0.1) is 0 Å². The lowest BCUT2D eigenvalue weighted by Crippen LogP contribution is -2.32. The first kappa shape index (κ1) is 15.1. The fraction of sp³-hybridized carbons (Fsp3) is 0.375. The Morgan fingerprint density at radius 2 is 2.27 bits per heavy atom. The fourth-order valence-corrected chi connectivity index (χ4v) is 2.72. The third-order valence-corrected chi connectivity index (χ3v) is 3.98. The summed E-state index contributed by atoms with van der Waals surface area (Å²) in [4.78, 5) is 12.1. The van der Waals surface area contributed by atoms with Crippen LogP contribution in [-0.2, 0) is 13.0 Å². The molecule has 0 aliphatic rings. The van der Waals surface area contributed by atoms with Crippen LogP contribution >= 0.6 is 11.6 Å². The number of hydrogen-bond acceptors (Lipinski definition) is 3. The number of halogens is 1. The van der Waals surface area contributed by atoms with E-state index in [-0.39, 0.29) is 0 Å². The van der Waals surface area contributed by atoms with Crippen LogP contribution in [0.25, 0.3) is 11.0 Å². The average molecular weight is 318 g/mol. The molecule has 0 aliphatic heterocycles. The third kappa shape index (κ3) is 3.48. The van der Waals surface area contributed by atoms with Gasteiger partial charge in [0.25, 0.3) is 0 Å². The Balaban J connectivity index is 1.52. The molecule has 3 aromatic rings. The molecule has 0 aliphatic carbocycles. The SMILES string of the molecule is Cc1nccn1CC(C)NCCc1nc2ccc(Cl)cc2[nH]1. The second-order valence-corrected chi connectivity index (χ2v) is 6.01. The second kappa shape index (κ2) is 6.50. The summed E-state index contributed by atoms with van der Waals surface area (Å²) in [5.74, 6) is 2.03. The second-order valence-electron chi connectivity index (χ2n) is 5.58. The van der Waals surface area contributed by atoms with E-state index in [1.54, 1.807) is 0 Å². The molecule has 0 fully saturated rings. The summed E-state index contributed by atoms with van der Waals surface area (Å²) < 4.78 is 2.15. The van der Waals surface area contributed by atoms with Crippen molar-refractivity contribution in [3.63, 3.8) is 0 Å². The zero-order valence-electron chi connectivity index (χ0n) is 12.8. The molecule has 22 heavy (non-hydrogen) atoms. The van der Waals surface area contributed by atoms with E-state index in [4.69, 9.17) is 11.6 Å². The Labute approximate surface area is 134 Å². The van der Waals surface area contributed by atoms with Gasteiger partial charge in [-0.05, 0) is 32.0 Å². The van der Waals surface area contributed by atoms with Gasteiger partial charge in [0.05, 0.1) is 11.0 Å². The van der Waals surface area contributed by atoms with Gasteiger partial charge in [0.1, 0.15) is 11.6 Å². The highest BCUT2D eigenvalue weighted by Crippen LogP contribution is 2.17. The summed E-state index contributed by atoms with van der Waals surface area (Å²) in [6.45, 7) is 5.99. The van der Waals surface area contributed by atoms with Crippen molar-refractivity contribution in [1.29, 1.82) is 0 Å². The molecule has 0 spiro atoms. The van der Waals surface area contributed by atoms with Crippen molar-refractivity contribution in [2.24, 2.45) is 0 Å². The molecule has 2 N–H and O–H groups in total. The monoisotopic (exact) mass is 317 g/mol. The van der Waals surface area contributed by atoms with Crippen LogP contribution in [-0.4, -0.2) is 32.1 Å². The van der Waals surface area contributed by atoms with Crippen molar-refractivity contribution < 1.29 is 0 Å². The molecule has 1 unspecified atom stereocenters. The zero-order chi connectivity index (χ0) is 15.5. The topological polar surface area (TPSA) is 58.5 Å². The quantitative estimate of drug-likeness (QED) is 0.735. The summed E-state index contributed by atoms with van der Waals surface area (Å²) in [6, 6.07) is 6.09. The van der Waals surface area contributed by atoms with Gasteiger partial charge < -0.3 is 14.9 Å². The predicted molar refractivity (Wildman–Crippen MR) is 89.2 cm³/mol. The first-order valence-corrected chi connectivity index (χ1v) is 7.85. The van der Waals surface area contributed by atoms with Gasteiger partial charge in [0.15, 0.2) is 0 Å². The molecule has 0 bridgehead atoms. The van der Waals surface area contributed by atoms with E-state index in [1.807, 2.05) is 37.5 Å². The molecule has 0 amide bonds. The van der Waals surface area contributed by atoms with Gasteiger partial charge in [-0.25, -0.2) is 9.97 Å². The zero-order valence-corrected chi connectivity index (χ0v) is 13.6. The Bertz CT molecular complexity index is 761. The van der Waals surface area contributed by atoms with Crippen LogP contribution in [0, 0.1) is 6.92 Å². The molecule has 0 saturated carbocycles. The average Bonchev–Trinajstić information content (AvgIpc) is 3.05. The Hall–Kier alpha value is -1.85. The van der Waals surface area contributed by atoms with Gasteiger partial charge >= 0.3 is 0 Å². The van der Waals surface area contributed by atoms with Gasteiger partial charge in [0, 0.05) is 43.0 Å². The molecule has 2 heterocycles. The summed E-state index contributed by atoms with van der Waals surface area (Å²) >= 11 is 5.99. The first-order chi connectivity index (χ1) is 10.6. The van der Waals surface area contributed by atoms with Crippen LogP contribution < -0.4 is 5.32 Å². The number of aryl methyl sites for hydroxylation is 1. The molecule has 3 rings (SSSR count). The number of benzene rings is 1. The van der Waals surface area contributed by atoms with E-state index in [1.165, 1.54) is 0 Å². The number of nitrogens with one attached hydrogen (secondary N) is 2. The predicted octanol–water partition coefficient (Wildman–Crippen LogP) is 2.94. The largest absolute Gasteiger partial charge is 0.342 e. The van der Waals surface area contributed by atoms with Crippen molar-refractivity contribution in [2.75, 3.05) is 6.54 Å². The Morgan fingerprint density at radius 1 is 1.41 bits per heavy atom. The van der Waals surface area contributed by atoms with Gasteiger partial charge in [-0.3, -0.25) is 0 Å². The van der Waals surface area contributed by atoms with Crippen LogP contribution in [0.15, 0.2) is 30.6 Å². The smallest absolute Gasteiger partial charge is 0.108 e. The van der Waals surface area contributed by atoms with Crippen molar-refractivity contribution in [3.8, 4) is 0 Å². The maximum atomic E-state index is 5.99. The first-order valence-electron chi connectivity index (χ1n) is 7.47. The van der Waals surface area contributed by atoms with Crippen LogP contribution in [0.1, 0.15) is 18.6 Å². The highest BCUT2D eigenvalue weighted by Gasteiger charge is 2.06. The summed E-state index contributed by atoms with van der Waals surface area (Å²) in [6.07, 6.45) is 4.71. The number of H-pyrrole nitrogens is 1. The van der Waals surface area contributed by atoms with Crippen LogP contribution in [0.5, 0.6) is 0 Å². The molecular weight excluding hydrogens is 298 g/mol. The number of aromatic nitrogens is 4. The van der Waals surface area contributed by atoms with Crippen LogP contribution in [0.4, 0.5) is 0 Å². The molecule has 2 aromatic heterocycles. The van der Waals surface area contributed by atoms with Gasteiger partial charge in [-0.2, -0.15) is 0 Å². The lowest BCUT2D eigenvalue weighted by molar-refractivity contribution is 0.472. The normalized spacial score (nSPS) is 12.9. The van der Waals surface area contributed by atoms with E-state index in [0.717, 1.165) is 47.2 Å². The Morgan fingerprint density at radius 3 is 3.05 bits per heavy atom. The molecule has 0 saturated heterocycles. The minimum Gasteiger partial charge on any atom is -0.342 e. The molecule has 116 valence electrons. The lowest BCUT2D eigenvalue weighted by atomic mass is 10.3.